The molecule has 28 aromatic rings. The van der Waals surface area contributed by atoms with E-state index in [2.05, 4.69) is 267 Å². The highest BCUT2D eigenvalue weighted by Gasteiger charge is 2.24. The van der Waals surface area contributed by atoms with Crippen molar-refractivity contribution in [3.8, 4) is 48.6 Å². The number of hydrogen-bond acceptors (Lipinski definition) is 12. The third kappa shape index (κ3) is 11.4. The van der Waals surface area contributed by atoms with E-state index in [0.29, 0.717) is 44.5 Å². The standard InChI is InChI=1S/2C30H14N2O.2C30H14N2S/c31-15-18-11-23-24-13-26-21-7-3-4-8-28(21)33-29(26)14-25(24)22-10-9-17-5-1-2-6-20(17)30(22)27(23)12-19(18)16-32;31-15-18-11-23-25-14-29-26(21-7-3-4-8-28(21)33-29)13-24(25)22-10-9-17-5-1-2-6-20(17)30(22)27(23)12-19(18)16-32;31-15-18-11-23-24-13-26-21-7-3-4-8-28(21)33-29(26)14-25(24)22-10-9-17-5-1-2-6-20(17)30(22)27(23)12-19(18)16-32;31-15-18-11-23-25-14-29-26(21-7-3-4-8-28(21)33-29)13-24(25)22-10-9-17-5-1-2-6-20(17)30(22)27(23)12-19(18)16-32/h4*1-14H. The van der Waals surface area contributed by atoms with Gasteiger partial charge in [-0.25, -0.2) is 0 Å². The molecule has 0 aliphatic rings. The van der Waals surface area contributed by atoms with E-state index in [-0.39, 0.29) is 0 Å². The fraction of sp³-hybridized carbons (Fsp3) is 0. The molecule has 10 nitrogen and oxygen atoms in total. The number of nitriles is 8. The second kappa shape index (κ2) is 29.5. The van der Waals surface area contributed by atoms with Gasteiger partial charge >= 0.3 is 0 Å². The molecule has 24 aromatic carbocycles. The van der Waals surface area contributed by atoms with Crippen LogP contribution >= 0.6 is 22.7 Å². The van der Waals surface area contributed by atoms with Gasteiger partial charge in [0.1, 0.15) is 70.9 Å². The van der Waals surface area contributed by atoms with Crippen molar-refractivity contribution in [2.24, 2.45) is 0 Å². The van der Waals surface area contributed by atoms with Crippen molar-refractivity contribution < 1.29 is 8.83 Å². The van der Waals surface area contributed by atoms with Crippen LogP contribution in [0.25, 0.3) is 257 Å². The molecule has 12 heteroatoms. The van der Waals surface area contributed by atoms with E-state index in [1.807, 2.05) is 133 Å². The topological polar surface area (TPSA) is 217 Å². The Balaban J connectivity index is 0.0000000945. The third-order valence-electron chi connectivity index (χ3n) is 26.8. The lowest BCUT2D eigenvalue weighted by molar-refractivity contribution is 0.669. The van der Waals surface area contributed by atoms with Gasteiger partial charge in [0.2, 0.25) is 0 Å². The Hall–Kier alpha value is -18.6. The van der Waals surface area contributed by atoms with Crippen molar-refractivity contribution in [3.63, 3.8) is 0 Å². The van der Waals surface area contributed by atoms with Crippen molar-refractivity contribution in [1.29, 1.82) is 42.1 Å². The minimum atomic E-state index is 0.385. The monoisotopic (exact) mass is 1700 g/mol. The van der Waals surface area contributed by atoms with Crippen molar-refractivity contribution in [2.45, 2.75) is 0 Å². The Morgan fingerprint density at radius 3 is 0.674 bits per heavy atom. The van der Waals surface area contributed by atoms with Crippen LogP contribution < -0.4 is 0 Å². The second-order valence-electron chi connectivity index (χ2n) is 33.5. The van der Waals surface area contributed by atoms with Gasteiger partial charge in [-0.15, -0.1) is 22.7 Å². The van der Waals surface area contributed by atoms with Crippen LogP contribution in [-0.2, 0) is 0 Å². The molecule has 0 saturated heterocycles. The van der Waals surface area contributed by atoms with E-state index < -0.39 is 0 Å². The van der Waals surface area contributed by atoms with Gasteiger partial charge in [0.15, 0.2) is 0 Å². The molecular weight excluding hydrogens is 1650 g/mol. The van der Waals surface area contributed by atoms with E-state index in [0.717, 1.165) is 195 Å². The van der Waals surface area contributed by atoms with Crippen molar-refractivity contribution in [2.75, 3.05) is 0 Å². The van der Waals surface area contributed by atoms with Crippen LogP contribution in [0.1, 0.15) is 44.5 Å². The van der Waals surface area contributed by atoms with Gasteiger partial charge in [-0.2, -0.15) is 42.1 Å². The Bertz CT molecular complexity index is 9990. The highest BCUT2D eigenvalue weighted by molar-refractivity contribution is 7.26. The molecule has 0 aliphatic heterocycles. The minimum absolute atomic E-state index is 0.385. The summed E-state index contributed by atoms with van der Waals surface area (Å²) in [6, 6.07) is 134. The summed E-state index contributed by atoms with van der Waals surface area (Å²) >= 11 is 3.61. The number of rotatable bonds is 0. The van der Waals surface area contributed by atoms with Crippen LogP contribution in [0.5, 0.6) is 0 Å². The zero-order valence-corrected chi connectivity index (χ0v) is 71.2. The van der Waals surface area contributed by atoms with Gasteiger partial charge in [-0.05, 0) is 294 Å². The average molecular weight is 1710 g/mol. The quantitative estimate of drug-likeness (QED) is 0.131. The van der Waals surface area contributed by atoms with Gasteiger partial charge in [0.05, 0.1) is 44.5 Å². The Morgan fingerprint density at radius 1 is 0.144 bits per heavy atom. The fourth-order valence-corrected chi connectivity index (χ4v) is 23.1. The maximum atomic E-state index is 9.75. The molecule has 0 amide bonds. The van der Waals surface area contributed by atoms with Crippen molar-refractivity contribution in [3.05, 3.63) is 384 Å². The maximum absolute atomic E-state index is 9.75. The van der Waals surface area contributed by atoms with Crippen LogP contribution in [0, 0.1) is 90.6 Å². The first-order valence-electron chi connectivity index (χ1n) is 42.9. The van der Waals surface area contributed by atoms with Crippen LogP contribution in [-0.4, -0.2) is 0 Å². The molecule has 0 aliphatic carbocycles. The maximum Gasteiger partial charge on any atom is 0.136 e. The smallest absolute Gasteiger partial charge is 0.136 e. The first kappa shape index (κ1) is 75.9. The number of hydrogen-bond donors (Lipinski definition) is 0. The summed E-state index contributed by atoms with van der Waals surface area (Å²) in [4.78, 5) is 0. The van der Waals surface area contributed by atoms with Crippen molar-refractivity contribution in [1.82, 2.24) is 0 Å². The summed E-state index contributed by atoms with van der Waals surface area (Å²) in [6.45, 7) is 0. The summed E-state index contributed by atoms with van der Waals surface area (Å²) in [5, 5.41) is 122. The Labute approximate surface area is 757 Å². The number of thiophene rings is 2. The summed E-state index contributed by atoms with van der Waals surface area (Å²) in [5.41, 5.74) is 6.60. The molecule has 132 heavy (non-hydrogen) atoms. The largest absolute Gasteiger partial charge is 0.456 e. The van der Waals surface area contributed by atoms with Crippen LogP contribution in [0.15, 0.2) is 349 Å². The van der Waals surface area contributed by atoms with E-state index in [1.165, 1.54) is 61.9 Å². The lowest BCUT2D eigenvalue weighted by Gasteiger charge is -2.14. The first-order valence-corrected chi connectivity index (χ1v) is 44.6. The van der Waals surface area contributed by atoms with Gasteiger partial charge in [-0.3, -0.25) is 0 Å². The number of fused-ring (bicyclic) bond motifs is 44. The van der Waals surface area contributed by atoms with E-state index >= 15 is 0 Å². The van der Waals surface area contributed by atoms with Crippen molar-refractivity contribution >= 4 is 279 Å². The fourth-order valence-electron chi connectivity index (χ4n) is 20.9. The summed E-state index contributed by atoms with van der Waals surface area (Å²) in [6.07, 6.45) is 0. The second-order valence-corrected chi connectivity index (χ2v) is 35.6. The summed E-state index contributed by atoms with van der Waals surface area (Å²) in [5.74, 6) is 0. The number of para-hydroxylation sites is 2. The minimum Gasteiger partial charge on any atom is -0.456 e. The molecule has 0 N–H and O–H groups in total. The molecule has 0 bridgehead atoms. The van der Waals surface area contributed by atoms with Gasteiger partial charge in [-0.1, -0.05) is 218 Å². The SMILES string of the molecule is N#Cc1cc2c3cc4c(cc3c3ccc5ccccc5c3c2cc1C#N)oc1ccccc14.N#Cc1cc2c3cc4c(cc3c3ccc5ccccc5c3c2cc1C#N)sc1ccccc14.N#Cc1cc2c3cc4oc5ccccc5c4cc3c3ccc4ccccc4c3c2cc1C#N.N#Cc1cc2c3cc4sc5ccccc5c4cc3c3ccc4ccccc4c3c2cc1C#N. The molecule has 0 fully saturated rings. The zero-order chi connectivity index (χ0) is 88.4. The Kier molecular flexibility index (Phi) is 17.0. The molecule has 0 radical (unpaired) electrons. The predicted molar refractivity (Wildman–Crippen MR) is 544 cm³/mol. The lowest BCUT2D eigenvalue weighted by atomic mass is 9.88. The molecule has 0 atom stereocenters. The summed E-state index contributed by atoms with van der Waals surface area (Å²) < 4.78 is 17.4. The van der Waals surface area contributed by atoms with Crippen LogP contribution in [0.3, 0.4) is 0 Å². The lowest BCUT2D eigenvalue weighted by Crippen LogP contribution is -1.90. The van der Waals surface area contributed by atoms with Gasteiger partial charge in [0.25, 0.3) is 0 Å². The third-order valence-corrected chi connectivity index (χ3v) is 29.0. The number of furan rings is 2. The molecule has 0 saturated carbocycles. The number of nitrogens with zero attached hydrogens (tertiary/aromatic N) is 8. The first-order chi connectivity index (χ1) is 65.1. The Morgan fingerprint density at radius 2 is 0.364 bits per heavy atom. The average Bonchev–Trinajstić information content (AvgIpc) is 1.26. The molecule has 28 rings (SSSR count). The van der Waals surface area contributed by atoms with E-state index in [1.54, 1.807) is 11.3 Å². The molecule has 0 spiro atoms. The van der Waals surface area contributed by atoms with Gasteiger partial charge < -0.3 is 8.83 Å². The molecule has 0 unspecified atom stereocenters. The molecule has 4 aromatic heterocycles. The van der Waals surface area contributed by atoms with Crippen LogP contribution in [0.2, 0.25) is 0 Å². The normalized spacial score (nSPS) is 11.6. The summed E-state index contributed by atoms with van der Waals surface area (Å²) in [7, 11) is 0. The highest BCUT2D eigenvalue weighted by Crippen LogP contribution is 2.51. The van der Waals surface area contributed by atoms with E-state index in [4.69, 9.17) is 8.83 Å². The number of benzene rings is 24. The molecular formula is C120H56N8O2S2. The van der Waals surface area contributed by atoms with Gasteiger partial charge in [0, 0.05) is 61.9 Å². The predicted octanol–water partition coefficient (Wildman–Crippen LogP) is 32.7. The molecule has 4 heterocycles. The zero-order valence-electron chi connectivity index (χ0n) is 69.5. The molecule has 600 valence electrons. The van der Waals surface area contributed by atoms with E-state index in [9.17, 15) is 42.1 Å². The highest BCUT2D eigenvalue weighted by atomic mass is 32.1. The van der Waals surface area contributed by atoms with Crippen LogP contribution in [0.4, 0.5) is 0 Å².